The molecule has 0 radical (unpaired) electrons. The van der Waals surface area contributed by atoms with Crippen LogP contribution in [0.1, 0.15) is 30.3 Å². The van der Waals surface area contributed by atoms with E-state index in [0.717, 1.165) is 16.9 Å². The molecule has 0 saturated carbocycles. The van der Waals surface area contributed by atoms with Crippen molar-refractivity contribution in [3.05, 3.63) is 52.2 Å². The zero-order chi connectivity index (χ0) is 20.1. The Hall–Kier alpha value is -0.960. The van der Waals surface area contributed by atoms with Gasteiger partial charge in [-0.15, -0.1) is 11.3 Å². The molecule has 1 N–H and O–H groups in total. The van der Waals surface area contributed by atoms with Crippen LogP contribution in [0.3, 0.4) is 0 Å². The first-order chi connectivity index (χ1) is 12.7. The molecule has 0 bridgehead atoms. The van der Waals surface area contributed by atoms with Gasteiger partial charge in [-0.05, 0) is 44.4 Å². The molecule has 10 heteroatoms. The van der Waals surface area contributed by atoms with E-state index in [4.69, 9.17) is 9.05 Å². The second kappa shape index (κ2) is 9.49. The van der Waals surface area contributed by atoms with E-state index < -0.39 is 30.3 Å². The van der Waals surface area contributed by atoms with E-state index in [1.165, 1.54) is 19.9 Å². The summed E-state index contributed by atoms with van der Waals surface area (Å²) >= 11 is 1.04. The Morgan fingerprint density at radius 3 is 2.26 bits per heavy atom. The maximum Gasteiger partial charge on any atom is 0.401 e. The molecular weight excluding hydrogens is 415 g/mol. The highest BCUT2D eigenvalue weighted by atomic mass is 32.2. The summed E-state index contributed by atoms with van der Waals surface area (Å²) in [5.74, 6) is 0. The summed E-state index contributed by atoms with van der Waals surface area (Å²) in [7, 11) is -6.75. The van der Waals surface area contributed by atoms with Crippen molar-refractivity contribution in [1.82, 2.24) is 4.72 Å². The number of benzene rings is 1. The Balaban J connectivity index is 2.40. The molecule has 150 valence electrons. The van der Waals surface area contributed by atoms with E-state index in [9.17, 15) is 8.77 Å². The van der Waals surface area contributed by atoms with Gasteiger partial charge in [0.1, 0.15) is 17.0 Å². The first kappa shape index (κ1) is 22.3. The van der Waals surface area contributed by atoms with E-state index >= 15 is 8.78 Å². The van der Waals surface area contributed by atoms with E-state index in [1.807, 2.05) is 6.92 Å². The lowest BCUT2D eigenvalue weighted by molar-refractivity contribution is 0.0126. The Morgan fingerprint density at radius 2 is 1.78 bits per heavy atom. The third-order valence-electron chi connectivity index (χ3n) is 3.60. The summed E-state index contributed by atoms with van der Waals surface area (Å²) < 4.78 is 68.2. The van der Waals surface area contributed by atoms with Crippen molar-refractivity contribution in [2.75, 3.05) is 13.2 Å². The molecule has 1 aromatic carbocycles. The molecule has 0 aliphatic carbocycles. The summed E-state index contributed by atoms with van der Waals surface area (Å²) in [6.45, 7) is 4.37. The molecule has 0 spiro atoms. The fourth-order valence-corrected chi connectivity index (χ4v) is 5.99. The molecule has 1 heterocycles. The van der Waals surface area contributed by atoms with Gasteiger partial charge in [-0.25, -0.2) is 8.93 Å². The van der Waals surface area contributed by atoms with Crippen LogP contribution in [-0.4, -0.2) is 23.1 Å². The molecule has 0 aliphatic heterocycles. The Labute approximate surface area is 164 Å². The average Bonchev–Trinajstić information content (AvgIpc) is 3.14. The van der Waals surface area contributed by atoms with Gasteiger partial charge in [-0.2, -0.15) is 8.78 Å². The molecule has 27 heavy (non-hydrogen) atoms. The second-order valence-corrected chi connectivity index (χ2v) is 9.90. The molecule has 5 nitrogen and oxygen atoms in total. The van der Waals surface area contributed by atoms with Crippen molar-refractivity contribution < 1.29 is 26.6 Å². The van der Waals surface area contributed by atoms with Crippen molar-refractivity contribution in [2.24, 2.45) is 0 Å². The molecule has 0 saturated heterocycles. The number of aryl methyl sites for hydroxylation is 1. The first-order valence-electron chi connectivity index (χ1n) is 8.30. The molecule has 0 aliphatic rings. The Bertz CT molecular complexity index is 790. The lowest BCUT2D eigenvalue weighted by Crippen LogP contribution is -2.38. The summed E-state index contributed by atoms with van der Waals surface area (Å²) in [5.41, 5.74) is -2.97. The van der Waals surface area contributed by atoms with Crippen molar-refractivity contribution >= 4 is 29.9 Å². The van der Waals surface area contributed by atoms with Crippen molar-refractivity contribution in [2.45, 2.75) is 37.4 Å². The van der Waals surface area contributed by atoms with Crippen LogP contribution in [-0.2, 0) is 24.6 Å². The molecule has 1 aromatic heterocycles. The minimum absolute atomic E-state index is 0.181. The first-order valence-corrected chi connectivity index (χ1v) is 11.9. The van der Waals surface area contributed by atoms with E-state index in [1.54, 1.807) is 35.7 Å². The van der Waals surface area contributed by atoms with E-state index in [2.05, 4.69) is 4.72 Å². The zero-order valence-electron chi connectivity index (χ0n) is 15.2. The topological polar surface area (TPSA) is 64.6 Å². The Morgan fingerprint density at radius 1 is 1.19 bits per heavy atom. The summed E-state index contributed by atoms with van der Waals surface area (Å²) in [6.07, 6.45) is 0. The summed E-state index contributed by atoms with van der Waals surface area (Å²) in [6, 6.07) is 7.90. The minimum atomic E-state index is -4.80. The monoisotopic (exact) mass is 437 g/mol. The van der Waals surface area contributed by atoms with Crippen LogP contribution in [0.5, 0.6) is 0 Å². The van der Waals surface area contributed by atoms with Gasteiger partial charge >= 0.3 is 13.3 Å². The molecule has 2 rings (SSSR count). The number of thiophene rings is 1. The number of halogens is 2. The number of alkyl halides is 2. The minimum Gasteiger partial charge on any atom is -0.305 e. The largest absolute Gasteiger partial charge is 0.401 e. The normalized spacial score (nSPS) is 14.9. The van der Waals surface area contributed by atoms with Gasteiger partial charge in [-0.3, -0.25) is 4.57 Å². The smallest absolute Gasteiger partial charge is 0.305 e. The van der Waals surface area contributed by atoms with Gasteiger partial charge in [0.15, 0.2) is 0 Å². The second-order valence-electron chi connectivity index (χ2n) is 5.57. The van der Waals surface area contributed by atoms with Gasteiger partial charge < -0.3 is 9.05 Å². The van der Waals surface area contributed by atoms with Gasteiger partial charge in [-0.1, -0.05) is 23.8 Å². The predicted octanol–water partition coefficient (Wildman–Crippen LogP) is 5.27. The predicted molar refractivity (Wildman–Crippen MR) is 104 cm³/mol. The van der Waals surface area contributed by atoms with Crippen molar-refractivity contribution in [1.29, 1.82) is 0 Å². The van der Waals surface area contributed by atoms with Crippen LogP contribution in [0.25, 0.3) is 0 Å². The third-order valence-corrected chi connectivity index (χ3v) is 7.87. The summed E-state index contributed by atoms with van der Waals surface area (Å²) in [4.78, 5) is 0.515. The lowest BCUT2D eigenvalue weighted by Gasteiger charge is -2.31. The lowest BCUT2D eigenvalue weighted by atomic mass is 10.2. The maximum absolute atomic E-state index is 15.3. The van der Waals surface area contributed by atoms with E-state index in [0.29, 0.717) is 4.90 Å². The molecular formula is C17H22F2NO4PS2. The van der Waals surface area contributed by atoms with Crippen LogP contribution in [0.2, 0.25) is 0 Å². The Kier molecular flexibility index (Phi) is 7.85. The van der Waals surface area contributed by atoms with Crippen LogP contribution in [0, 0.1) is 6.92 Å². The molecule has 2 aromatic rings. The standard InChI is InChI=1S/C17H22F2NO4PS2/c1-4-23-25(21,24-5-2)17(18,19)16(15-7-6-12-26-15)20-27(22)14-10-8-13(3)9-11-14/h6-12,16,20H,4-5H2,1-3H3/t16-,27?/m1/s1. The molecule has 0 fully saturated rings. The van der Waals surface area contributed by atoms with E-state index in [-0.39, 0.29) is 18.1 Å². The van der Waals surface area contributed by atoms with Crippen LogP contribution in [0.15, 0.2) is 46.7 Å². The van der Waals surface area contributed by atoms with Crippen LogP contribution in [0.4, 0.5) is 8.78 Å². The summed E-state index contributed by atoms with van der Waals surface area (Å²) in [5, 5.41) is 1.61. The number of hydrogen-bond acceptors (Lipinski definition) is 5. The molecule has 1 unspecified atom stereocenters. The number of rotatable bonds is 10. The van der Waals surface area contributed by atoms with Gasteiger partial charge in [0.05, 0.1) is 18.1 Å². The number of hydrogen-bond donors (Lipinski definition) is 1. The van der Waals surface area contributed by atoms with Crippen LogP contribution >= 0.6 is 18.9 Å². The van der Waals surface area contributed by atoms with Gasteiger partial charge in [0.25, 0.3) is 0 Å². The maximum atomic E-state index is 15.3. The van der Waals surface area contributed by atoms with Crippen molar-refractivity contribution in [3.63, 3.8) is 0 Å². The van der Waals surface area contributed by atoms with Gasteiger partial charge in [0, 0.05) is 4.88 Å². The average molecular weight is 437 g/mol. The fraction of sp³-hybridized carbons (Fsp3) is 0.412. The third kappa shape index (κ3) is 5.10. The highest BCUT2D eigenvalue weighted by Gasteiger charge is 2.60. The zero-order valence-corrected chi connectivity index (χ0v) is 17.7. The van der Waals surface area contributed by atoms with Gasteiger partial charge in [0.2, 0.25) is 0 Å². The van der Waals surface area contributed by atoms with Crippen molar-refractivity contribution in [3.8, 4) is 0 Å². The molecule has 0 amide bonds. The highest BCUT2D eigenvalue weighted by molar-refractivity contribution is 7.83. The quantitative estimate of drug-likeness (QED) is 0.515. The fourth-order valence-electron chi connectivity index (χ4n) is 2.30. The number of nitrogens with one attached hydrogen (secondary N) is 1. The van der Waals surface area contributed by atoms with Crippen LogP contribution < -0.4 is 4.72 Å². The molecule has 2 atom stereocenters. The highest BCUT2D eigenvalue weighted by Crippen LogP contribution is 2.66. The SMILES string of the molecule is CCOP(=O)(OCC)C(F)(F)[C@H](NS(=O)c1ccc(C)cc1)c1cccs1.